The fraction of sp³-hybridized carbons (Fsp3) is 0.500. The Bertz CT molecular complexity index is 748. The van der Waals surface area contributed by atoms with Gasteiger partial charge in [-0.25, -0.2) is 4.98 Å². The normalized spacial score (nSPS) is 16.7. The summed E-state index contributed by atoms with van der Waals surface area (Å²) in [5.41, 5.74) is 3.98. The molecule has 0 saturated carbocycles. The largest absolute Gasteiger partial charge is 0.367 e. The van der Waals surface area contributed by atoms with Crippen molar-refractivity contribution in [2.24, 2.45) is 4.99 Å². The third-order valence-electron chi connectivity index (χ3n) is 4.92. The Morgan fingerprint density at radius 3 is 2.77 bits per heavy atom. The zero-order valence-electron chi connectivity index (χ0n) is 16.2. The smallest absolute Gasteiger partial charge is 0.191 e. The number of benzene rings is 1. The zero-order valence-corrected chi connectivity index (χ0v) is 17.0. The molecule has 2 N–H and O–H groups in total. The number of aliphatic imine (C=N–C) groups is 1. The monoisotopic (exact) mass is 371 g/mol. The third kappa shape index (κ3) is 4.36. The maximum atomic E-state index is 4.59. The van der Waals surface area contributed by atoms with Crippen molar-refractivity contribution in [1.29, 1.82) is 0 Å². The highest BCUT2D eigenvalue weighted by atomic mass is 32.1. The van der Waals surface area contributed by atoms with E-state index < -0.39 is 0 Å². The lowest BCUT2D eigenvalue weighted by Gasteiger charge is -2.25. The topological polar surface area (TPSA) is 52.6 Å². The number of guanidine groups is 1. The summed E-state index contributed by atoms with van der Waals surface area (Å²) >= 11 is 1.78. The SMILES string of the molecule is CN=C(NCCc1nc(C)c(C)s1)NCCN1c2ccccc2CC1C. The minimum atomic E-state index is 0.556. The Kier molecular flexibility index (Phi) is 6.14. The molecule has 0 fully saturated rings. The summed E-state index contributed by atoms with van der Waals surface area (Å²) in [4.78, 5) is 12.7. The zero-order chi connectivity index (χ0) is 18.5. The lowest BCUT2D eigenvalue weighted by atomic mass is 10.1. The van der Waals surface area contributed by atoms with Crippen LogP contribution in [0.25, 0.3) is 0 Å². The summed E-state index contributed by atoms with van der Waals surface area (Å²) < 4.78 is 0. The Balaban J connectivity index is 1.43. The van der Waals surface area contributed by atoms with Gasteiger partial charge in [-0.15, -0.1) is 11.3 Å². The molecule has 0 bridgehead atoms. The van der Waals surface area contributed by atoms with Gasteiger partial charge in [0.2, 0.25) is 0 Å². The van der Waals surface area contributed by atoms with Gasteiger partial charge in [0, 0.05) is 49.7 Å². The maximum absolute atomic E-state index is 4.59. The highest BCUT2D eigenvalue weighted by Crippen LogP contribution is 2.31. The Labute approximate surface area is 160 Å². The van der Waals surface area contributed by atoms with Crippen molar-refractivity contribution in [3.8, 4) is 0 Å². The van der Waals surface area contributed by atoms with Gasteiger partial charge in [0.1, 0.15) is 0 Å². The first kappa shape index (κ1) is 18.7. The average Bonchev–Trinajstić information content (AvgIpc) is 3.12. The van der Waals surface area contributed by atoms with Crippen LogP contribution in [0.5, 0.6) is 0 Å². The molecule has 140 valence electrons. The van der Waals surface area contributed by atoms with E-state index in [0.29, 0.717) is 6.04 Å². The first-order valence-electron chi connectivity index (χ1n) is 9.30. The van der Waals surface area contributed by atoms with Crippen LogP contribution in [0.3, 0.4) is 0 Å². The van der Waals surface area contributed by atoms with Gasteiger partial charge in [0.15, 0.2) is 5.96 Å². The molecule has 0 aliphatic carbocycles. The number of aromatic nitrogens is 1. The van der Waals surface area contributed by atoms with E-state index in [1.54, 1.807) is 11.3 Å². The fourth-order valence-electron chi connectivity index (χ4n) is 3.42. The van der Waals surface area contributed by atoms with Gasteiger partial charge in [-0.2, -0.15) is 0 Å². The first-order chi connectivity index (χ1) is 12.6. The molecule has 1 aliphatic rings. The van der Waals surface area contributed by atoms with Crippen molar-refractivity contribution in [3.63, 3.8) is 0 Å². The number of hydrogen-bond acceptors (Lipinski definition) is 4. The lowest BCUT2D eigenvalue weighted by molar-refractivity contribution is 0.656. The molecule has 1 aliphatic heterocycles. The van der Waals surface area contributed by atoms with Crippen molar-refractivity contribution in [3.05, 3.63) is 45.4 Å². The number of nitrogens with zero attached hydrogens (tertiary/aromatic N) is 3. The standard InChI is InChI=1S/C20H29N5S/c1-14-13-17-7-5-6-8-18(17)25(14)12-11-23-20(21-4)22-10-9-19-24-15(2)16(3)26-19/h5-8,14H,9-13H2,1-4H3,(H2,21,22,23). The molecular weight excluding hydrogens is 342 g/mol. The number of para-hydroxylation sites is 1. The van der Waals surface area contributed by atoms with Crippen LogP contribution in [-0.2, 0) is 12.8 Å². The number of anilines is 1. The molecule has 3 rings (SSSR count). The maximum Gasteiger partial charge on any atom is 0.191 e. The molecule has 1 unspecified atom stereocenters. The molecule has 6 heteroatoms. The highest BCUT2D eigenvalue weighted by molar-refractivity contribution is 7.11. The lowest BCUT2D eigenvalue weighted by Crippen LogP contribution is -2.43. The van der Waals surface area contributed by atoms with Crippen LogP contribution in [0, 0.1) is 13.8 Å². The summed E-state index contributed by atoms with van der Waals surface area (Å²) in [5, 5.41) is 8.01. The molecule has 1 aromatic carbocycles. The van der Waals surface area contributed by atoms with E-state index in [4.69, 9.17) is 0 Å². The molecule has 0 spiro atoms. The van der Waals surface area contributed by atoms with Crippen molar-refractivity contribution in [2.75, 3.05) is 31.6 Å². The number of nitrogens with one attached hydrogen (secondary N) is 2. The molecule has 1 aromatic heterocycles. The van der Waals surface area contributed by atoms with Crippen LogP contribution in [0.4, 0.5) is 5.69 Å². The predicted molar refractivity (Wildman–Crippen MR) is 112 cm³/mol. The van der Waals surface area contributed by atoms with Crippen LogP contribution in [-0.4, -0.2) is 43.7 Å². The molecule has 5 nitrogen and oxygen atoms in total. The molecular formula is C20H29N5S. The number of thiazole rings is 1. The first-order valence-corrected chi connectivity index (χ1v) is 10.1. The molecule has 0 radical (unpaired) electrons. The Hall–Kier alpha value is -2.08. The van der Waals surface area contributed by atoms with Crippen LogP contribution < -0.4 is 15.5 Å². The van der Waals surface area contributed by atoms with Crippen LogP contribution >= 0.6 is 11.3 Å². The highest BCUT2D eigenvalue weighted by Gasteiger charge is 2.24. The summed E-state index contributed by atoms with van der Waals surface area (Å²) in [6.07, 6.45) is 2.06. The van der Waals surface area contributed by atoms with Gasteiger partial charge in [-0.05, 0) is 38.8 Å². The number of fused-ring (bicyclic) bond motifs is 1. The second-order valence-corrected chi connectivity index (χ2v) is 8.09. The quantitative estimate of drug-likeness (QED) is 0.606. The van der Waals surface area contributed by atoms with Crippen molar-refractivity contribution >= 4 is 23.0 Å². The predicted octanol–water partition coefficient (Wildman–Crippen LogP) is 2.92. The van der Waals surface area contributed by atoms with Gasteiger partial charge in [0.25, 0.3) is 0 Å². The number of aryl methyl sites for hydroxylation is 2. The fourth-order valence-corrected chi connectivity index (χ4v) is 4.35. The Morgan fingerprint density at radius 2 is 2.04 bits per heavy atom. The average molecular weight is 372 g/mol. The van der Waals surface area contributed by atoms with Gasteiger partial charge in [-0.3, -0.25) is 4.99 Å². The van der Waals surface area contributed by atoms with E-state index >= 15 is 0 Å². The van der Waals surface area contributed by atoms with Crippen molar-refractivity contribution < 1.29 is 0 Å². The van der Waals surface area contributed by atoms with Gasteiger partial charge in [-0.1, -0.05) is 18.2 Å². The van der Waals surface area contributed by atoms with Crippen LogP contribution in [0.15, 0.2) is 29.3 Å². The number of hydrogen-bond donors (Lipinski definition) is 2. The second-order valence-electron chi connectivity index (χ2n) is 6.80. The minimum absolute atomic E-state index is 0.556. The van der Waals surface area contributed by atoms with E-state index in [-0.39, 0.29) is 0 Å². The van der Waals surface area contributed by atoms with Crippen molar-refractivity contribution in [2.45, 2.75) is 39.7 Å². The van der Waals surface area contributed by atoms with E-state index in [1.165, 1.54) is 21.1 Å². The second kappa shape index (κ2) is 8.54. The van der Waals surface area contributed by atoms with Gasteiger partial charge in [0.05, 0.1) is 10.7 Å². The molecule has 26 heavy (non-hydrogen) atoms. The summed E-state index contributed by atoms with van der Waals surface area (Å²) in [7, 11) is 1.82. The van der Waals surface area contributed by atoms with Crippen LogP contribution in [0.1, 0.15) is 28.1 Å². The van der Waals surface area contributed by atoms with E-state index in [9.17, 15) is 0 Å². The van der Waals surface area contributed by atoms with E-state index in [2.05, 4.69) is 70.5 Å². The third-order valence-corrected chi connectivity index (χ3v) is 6.05. The molecule has 0 amide bonds. The molecule has 0 saturated heterocycles. The Morgan fingerprint density at radius 1 is 1.27 bits per heavy atom. The van der Waals surface area contributed by atoms with Gasteiger partial charge < -0.3 is 15.5 Å². The summed E-state index contributed by atoms with van der Waals surface area (Å²) in [5.74, 6) is 0.857. The molecule has 1 atom stereocenters. The van der Waals surface area contributed by atoms with Crippen molar-refractivity contribution in [1.82, 2.24) is 15.6 Å². The molecule has 2 aromatic rings. The number of rotatable bonds is 6. The van der Waals surface area contributed by atoms with Crippen LogP contribution in [0.2, 0.25) is 0 Å². The van der Waals surface area contributed by atoms with E-state index in [1.807, 2.05) is 7.05 Å². The minimum Gasteiger partial charge on any atom is -0.367 e. The summed E-state index contributed by atoms with van der Waals surface area (Å²) in [6, 6.07) is 9.27. The van der Waals surface area contributed by atoms with E-state index in [0.717, 1.165) is 44.1 Å². The van der Waals surface area contributed by atoms with Gasteiger partial charge >= 0.3 is 0 Å². The molecule has 2 heterocycles. The summed E-state index contributed by atoms with van der Waals surface area (Å²) in [6.45, 7) is 9.18.